The smallest absolute Gasteiger partial charge is 0.0810 e. The third-order valence-corrected chi connectivity index (χ3v) is 2.21. The molecule has 1 heterocycles. The Labute approximate surface area is 70.1 Å². The fraction of sp³-hybridized carbons (Fsp3) is 1.00. The monoisotopic (exact) mass is 156 g/mol. The molecule has 0 bridgehead atoms. The summed E-state index contributed by atoms with van der Waals surface area (Å²) in [5.41, 5.74) is 0. The first kappa shape index (κ1) is 9.05. The normalized spacial score (nSPS) is 22.6. The summed E-state index contributed by atoms with van der Waals surface area (Å²) in [5, 5.41) is 0. The zero-order valence-electron chi connectivity index (χ0n) is 7.81. The van der Waals surface area contributed by atoms with Crippen molar-refractivity contribution >= 4 is 0 Å². The molecule has 1 atom stereocenters. The molecule has 0 spiro atoms. The zero-order chi connectivity index (χ0) is 8.10. The molecule has 1 fully saturated rings. The molecule has 1 aliphatic rings. The van der Waals surface area contributed by atoms with Crippen LogP contribution in [0.15, 0.2) is 0 Å². The number of ether oxygens (including phenoxy) is 1. The highest BCUT2D eigenvalue weighted by molar-refractivity contribution is 4.68. The summed E-state index contributed by atoms with van der Waals surface area (Å²) in [6.45, 7) is 5.62. The number of unbranched alkanes of at least 4 members (excludes halogenated alkanes) is 2. The maximum Gasteiger partial charge on any atom is 0.0810 e. The Morgan fingerprint density at radius 1 is 1.27 bits per heavy atom. The summed E-state index contributed by atoms with van der Waals surface area (Å²) in [7, 11) is 0. The van der Waals surface area contributed by atoms with Gasteiger partial charge in [-0.1, -0.05) is 39.5 Å². The van der Waals surface area contributed by atoms with Gasteiger partial charge >= 0.3 is 0 Å². The van der Waals surface area contributed by atoms with E-state index in [0.717, 1.165) is 12.5 Å². The van der Waals surface area contributed by atoms with E-state index >= 15 is 0 Å². The molecule has 0 aliphatic carbocycles. The van der Waals surface area contributed by atoms with E-state index in [1.54, 1.807) is 0 Å². The Morgan fingerprint density at radius 2 is 2.00 bits per heavy atom. The van der Waals surface area contributed by atoms with Crippen LogP contribution in [-0.4, -0.2) is 12.7 Å². The molecule has 11 heavy (non-hydrogen) atoms. The van der Waals surface area contributed by atoms with Gasteiger partial charge in [0.05, 0.1) is 12.7 Å². The van der Waals surface area contributed by atoms with Gasteiger partial charge in [-0.25, -0.2) is 0 Å². The van der Waals surface area contributed by atoms with Gasteiger partial charge in [0.1, 0.15) is 0 Å². The molecule has 1 aliphatic heterocycles. The highest BCUT2D eigenvalue weighted by atomic mass is 16.6. The molecule has 1 nitrogen and oxygen atoms in total. The number of epoxide rings is 1. The maximum absolute atomic E-state index is 5.14. The van der Waals surface area contributed by atoms with Gasteiger partial charge in [0.15, 0.2) is 0 Å². The predicted molar refractivity (Wildman–Crippen MR) is 47.7 cm³/mol. The molecule has 0 amide bonds. The van der Waals surface area contributed by atoms with Crippen molar-refractivity contribution < 1.29 is 4.74 Å². The Kier molecular flexibility index (Phi) is 3.92. The maximum atomic E-state index is 5.14. The van der Waals surface area contributed by atoms with Crippen LogP contribution >= 0.6 is 0 Å². The molecule has 1 rings (SSSR count). The van der Waals surface area contributed by atoms with Crippen LogP contribution in [0.25, 0.3) is 0 Å². The third-order valence-electron chi connectivity index (χ3n) is 2.21. The lowest BCUT2D eigenvalue weighted by molar-refractivity contribution is 0.386. The first-order valence-electron chi connectivity index (χ1n) is 4.90. The second-order valence-corrected chi connectivity index (χ2v) is 3.99. The number of hydrogen-bond acceptors (Lipinski definition) is 1. The van der Waals surface area contributed by atoms with Crippen molar-refractivity contribution in [2.75, 3.05) is 6.61 Å². The molecule has 0 N–H and O–H groups in total. The van der Waals surface area contributed by atoms with E-state index < -0.39 is 0 Å². The van der Waals surface area contributed by atoms with E-state index in [1.807, 2.05) is 0 Å². The Morgan fingerprint density at radius 3 is 2.55 bits per heavy atom. The number of hydrogen-bond donors (Lipinski definition) is 0. The molecule has 66 valence electrons. The Bertz CT molecular complexity index is 91.0. The first-order chi connectivity index (χ1) is 5.29. The fourth-order valence-electron chi connectivity index (χ4n) is 1.34. The van der Waals surface area contributed by atoms with Crippen LogP contribution < -0.4 is 0 Å². The van der Waals surface area contributed by atoms with Gasteiger partial charge in [-0.2, -0.15) is 0 Å². The largest absolute Gasteiger partial charge is 0.373 e. The first-order valence-corrected chi connectivity index (χ1v) is 4.90. The van der Waals surface area contributed by atoms with Gasteiger partial charge in [-0.15, -0.1) is 0 Å². The van der Waals surface area contributed by atoms with Crippen LogP contribution in [0.4, 0.5) is 0 Å². The van der Waals surface area contributed by atoms with Crippen LogP contribution in [0.2, 0.25) is 0 Å². The minimum Gasteiger partial charge on any atom is -0.373 e. The van der Waals surface area contributed by atoms with Crippen molar-refractivity contribution in [2.45, 2.75) is 52.1 Å². The van der Waals surface area contributed by atoms with Gasteiger partial charge in [-0.05, 0) is 12.3 Å². The van der Waals surface area contributed by atoms with Crippen molar-refractivity contribution in [3.63, 3.8) is 0 Å². The van der Waals surface area contributed by atoms with E-state index in [0.29, 0.717) is 6.10 Å². The van der Waals surface area contributed by atoms with Crippen molar-refractivity contribution in [1.82, 2.24) is 0 Å². The van der Waals surface area contributed by atoms with Crippen LogP contribution in [0.3, 0.4) is 0 Å². The van der Waals surface area contributed by atoms with E-state index in [4.69, 9.17) is 4.74 Å². The van der Waals surface area contributed by atoms with Crippen LogP contribution in [0.5, 0.6) is 0 Å². The summed E-state index contributed by atoms with van der Waals surface area (Å²) < 4.78 is 5.14. The Balaban J connectivity index is 1.73. The molecule has 1 saturated heterocycles. The highest BCUT2D eigenvalue weighted by Gasteiger charge is 2.20. The standard InChI is InChI=1S/C10H20O/c1-9(2)6-4-3-5-7-10-8-11-10/h9-10H,3-8H2,1-2H3. The molecular formula is C10H20O. The lowest BCUT2D eigenvalue weighted by Gasteiger charge is -2.02. The van der Waals surface area contributed by atoms with Gasteiger partial charge in [-0.3, -0.25) is 0 Å². The van der Waals surface area contributed by atoms with Crippen molar-refractivity contribution in [3.8, 4) is 0 Å². The van der Waals surface area contributed by atoms with E-state index in [-0.39, 0.29) is 0 Å². The lowest BCUT2D eigenvalue weighted by atomic mass is 10.0. The van der Waals surface area contributed by atoms with Crippen LogP contribution in [-0.2, 0) is 4.74 Å². The topological polar surface area (TPSA) is 12.5 Å². The molecule has 0 aromatic carbocycles. The van der Waals surface area contributed by atoms with Crippen molar-refractivity contribution in [3.05, 3.63) is 0 Å². The fourth-order valence-corrected chi connectivity index (χ4v) is 1.34. The van der Waals surface area contributed by atoms with E-state index in [1.165, 1.54) is 32.1 Å². The van der Waals surface area contributed by atoms with Gasteiger partial charge in [0.2, 0.25) is 0 Å². The average Bonchev–Trinajstić information content (AvgIpc) is 2.70. The summed E-state index contributed by atoms with van der Waals surface area (Å²) >= 11 is 0. The van der Waals surface area contributed by atoms with Crippen LogP contribution in [0, 0.1) is 5.92 Å². The summed E-state index contributed by atoms with van der Waals surface area (Å²) in [6, 6.07) is 0. The summed E-state index contributed by atoms with van der Waals surface area (Å²) in [4.78, 5) is 0. The molecule has 0 aromatic heterocycles. The summed E-state index contributed by atoms with van der Waals surface area (Å²) in [6.07, 6.45) is 7.53. The second-order valence-electron chi connectivity index (χ2n) is 3.99. The van der Waals surface area contributed by atoms with Gasteiger partial charge < -0.3 is 4.74 Å². The van der Waals surface area contributed by atoms with Crippen molar-refractivity contribution in [1.29, 1.82) is 0 Å². The predicted octanol–water partition coefficient (Wildman–Crippen LogP) is 2.99. The highest BCUT2D eigenvalue weighted by Crippen LogP contribution is 2.18. The lowest BCUT2D eigenvalue weighted by Crippen LogP contribution is -1.89. The number of rotatable bonds is 6. The van der Waals surface area contributed by atoms with Gasteiger partial charge in [0, 0.05) is 0 Å². The second kappa shape index (κ2) is 4.76. The third kappa shape index (κ3) is 5.25. The Hall–Kier alpha value is -0.0400. The van der Waals surface area contributed by atoms with E-state index in [9.17, 15) is 0 Å². The zero-order valence-corrected chi connectivity index (χ0v) is 7.81. The SMILES string of the molecule is CC(C)CCCCCC1CO1. The molecule has 0 aromatic rings. The van der Waals surface area contributed by atoms with E-state index in [2.05, 4.69) is 13.8 Å². The minimum absolute atomic E-state index is 0.647. The molecular weight excluding hydrogens is 136 g/mol. The van der Waals surface area contributed by atoms with Crippen LogP contribution in [0.1, 0.15) is 46.0 Å². The minimum atomic E-state index is 0.647. The summed E-state index contributed by atoms with van der Waals surface area (Å²) in [5.74, 6) is 0.882. The average molecular weight is 156 g/mol. The van der Waals surface area contributed by atoms with Gasteiger partial charge in [0.25, 0.3) is 0 Å². The molecule has 1 unspecified atom stereocenters. The quantitative estimate of drug-likeness (QED) is 0.425. The molecule has 0 radical (unpaired) electrons. The molecule has 1 heteroatoms. The molecule has 0 saturated carbocycles. The van der Waals surface area contributed by atoms with Crippen molar-refractivity contribution in [2.24, 2.45) is 5.92 Å².